The van der Waals surface area contributed by atoms with Crippen LogP contribution < -0.4 is 10.6 Å². The van der Waals surface area contributed by atoms with Crippen LogP contribution in [0.2, 0.25) is 6.04 Å². The second kappa shape index (κ2) is 12.0. The van der Waals surface area contributed by atoms with Crippen molar-refractivity contribution in [2.75, 3.05) is 26.4 Å². The molecule has 0 aliphatic heterocycles. The summed E-state index contributed by atoms with van der Waals surface area (Å²) in [6.07, 6.45) is 4.15. The summed E-state index contributed by atoms with van der Waals surface area (Å²) < 4.78 is 17.3. The van der Waals surface area contributed by atoms with E-state index in [4.69, 9.17) is 13.3 Å². The fourth-order valence-corrected chi connectivity index (χ4v) is 4.87. The summed E-state index contributed by atoms with van der Waals surface area (Å²) in [5.41, 5.74) is 1.01. The standard InChI is InChI=1S/C16H29N3O4Si/c1-4-21-24(22-5-2,23-6-3)13-7-10-18-16(20)19-14-15-8-11-17-12-9-15/h8-9,11-12H,4-7,10,13-14H2,1-3H3,(H2,18,19,20). The lowest BCUT2D eigenvalue weighted by Gasteiger charge is -2.28. The maximum absolute atomic E-state index is 11.8. The molecule has 1 aromatic rings. The van der Waals surface area contributed by atoms with Crippen LogP contribution in [0.1, 0.15) is 32.8 Å². The molecule has 8 heteroatoms. The van der Waals surface area contributed by atoms with Crippen molar-refractivity contribution in [2.45, 2.75) is 39.8 Å². The van der Waals surface area contributed by atoms with Crippen molar-refractivity contribution in [1.82, 2.24) is 15.6 Å². The zero-order chi connectivity index (χ0) is 17.7. The van der Waals surface area contributed by atoms with Gasteiger partial charge in [0.1, 0.15) is 0 Å². The van der Waals surface area contributed by atoms with Gasteiger partial charge >= 0.3 is 14.8 Å². The van der Waals surface area contributed by atoms with Crippen LogP contribution >= 0.6 is 0 Å². The monoisotopic (exact) mass is 355 g/mol. The van der Waals surface area contributed by atoms with E-state index in [1.54, 1.807) is 12.4 Å². The molecule has 136 valence electrons. The third-order valence-electron chi connectivity index (χ3n) is 3.24. The first-order valence-electron chi connectivity index (χ1n) is 8.48. The van der Waals surface area contributed by atoms with Crippen LogP contribution in [0, 0.1) is 0 Å². The topological polar surface area (TPSA) is 81.7 Å². The highest BCUT2D eigenvalue weighted by atomic mass is 28.4. The third kappa shape index (κ3) is 7.87. The van der Waals surface area contributed by atoms with Crippen molar-refractivity contribution in [3.63, 3.8) is 0 Å². The summed E-state index contributed by atoms with van der Waals surface area (Å²) in [4.78, 5) is 15.7. The van der Waals surface area contributed by atoms with Crippen molar-refractivity contribution in [3.05, 3.63) is 30.1 Å². The van der Waals surface area contributed by atoms with E-state index >= 15 is 0 Å². The van der Waals surface area contributed by atoms with Crippen LogP contribution in [-0.4, -0.2) is 46.2 Å². The second-order valence-electron chi connectivity index (χ2n) is 5.05. The van der Waals surface area contributed by atoms with Crippen LogP contribution in [0.5, 0.6) is 0 Å². The zero-order valence-corrected chi connectivity index (χ0v) is 15.8. The Balaban J connectivity index is 2.29. The molecule has 0 aliphatic rings. The predicted molar refractivity (Wildman–Crippen MR) is 94.5 cm³/mol. The smallest absolute Gasteiger partial charge is 0.374 e. The van der Waals surface area contributed by atoms with Gasteiger partial charge in [-0.25, -0.2) is 4.79 Å². The van der Waals surface area contributed by atoms with Gasteiger partial charge in [0.25, 0.3) is 0 Å². The molecule has 0 fully saturated rings. The van der Waals surface area contributed by atoms with Crippen molar-refractivity contribution in [2.24, 2.45) is 0 Å². The maximum Gasteiger partial charge on any atom is 0.500 e. The zero-order valence-electron chi connectivity index (χ0n) is 14.8. The molecule has 0 atom stereocenters. The van der Waals surface area contributed by atoms with E-state index in [0.29, 0.717) is 39.0 Å². The Hall–Kier alpha value is -1.48. The van der Waals surface area contributed by atoms with Crippen LogP contribution in [0.15, 0.2) is 24.5 Å². The van der Waals surface area contributed by atoms with Gasteiger partial charge < -0.3 is 23.9 Å². The van der Waals surface area contributed by atoms with E-state index in [2.05, 4.69) is 15.6 Å². The minimum absolute atomic E-state index is 0.191. The molecule has 0 radical (unpaired) electrons. The molecule has 0 bridgehead atoms. The summed E-state index contributed by atoms with van der Waals surface area (Å²) in [5, 5.41) is 5.65. The molecular formula is C16H29N3O4Si. The van der Waals surface area contributed by atoms with Gasteiger partial charge in [-0.2, -0.15) is 0 Å². The number of carbonyl (C=O) groups is 1. The van der Waals surface area contributed by atoms with Crippen molar-refractivity contribution < 1.29 is 18.1 Å². The predicted octanol–water partition coefficient (Wildman–Crippen LogP) is 2.32. The van der Waals surface area contributed by atoms with Crippen LogP contribution in [0.4, 0.5) is 4.79 Å². The number of rotatable bonds is 12. The van der Waals surface area contributed by atoms with E-state index in [-0.39, 0.29) is 6.03 Å². The molecule has 0 aromatic carbocycles. The molecule has 0 unspecified atom stereocenters. The van der Waals surface area contributed by atoms with E-state index in [9.17, 15) is 4.79 Å². The van der Waals surface area contributed by atoms with E-state index in [0.717, 1.165) is 12.0 Å². The lowest BCUT2D eigenvalue weighted by molar-refractivity contribution is 0.0708. The molecule has 2 amide bonds. The van der Waals surface area contributed by atoms with Gasteiger partial charge in [0.2, 0.25) is 0 Å². The van der Waals surface area contributed by atoms with Gasteiger partial charge in [-0.05, 0) is 44.9 Å². The van der Waals surface area contributed by atoms with Crippen molar-refractivity contribution in [1.29, 1.82) is 0 Å². The highest BCUT2D eigenvalue weighted by Crippen LogP contribution is 2.17. The number of carbonyl (C=O) groups excluding carboxylic acids is 1. The summed E-state index contributed by atoms with van der Waals surface area (Å²) in [7, 11) is -2.62. The summed E-state index contributed by atoms with van der Waals surface area (Å²) >= 11 is 0. The number of aromatic nitrogens is 1. The molecule has 7 nitrogen and oxygen atoms in total. The third-order valence-corrected chi connectivity index (χ3v) is 6.39. The minimum atomic E-state index is -2.62. The molecule has 24 heavy (non-hydrogen) atoms. The fraction of sp³-hybridized carbons (Fsp3) is 0.625. The Morgan fingerprint density at radius 1 is 1.04 bits per heavy atom. The van der Waals surface area contributed by atoms with E-state index < -0.39 is 8.80 Å². The number of nitrogens with one attached hydrogen (secondary N) is 2. The van der Waals surface area contributed by atoms with Gasteiger partial charge in [-0.1, -0.05) is 0 Å². The molecular weight excluding hydrogens is 326 g/mol. The number of hydrogen-bond donors (Lipinski definition) is 2. The highest BCUT2D eigenvalue weighted by molar-refractivity contribution is 6.60. The van der Waals surface area contributed by atoms with Crippen molar-refractivity contribution in [3.8, 4) is 0 Å². The van der Waals surface area contributed by atoms with Crippen LogP contribution in [-0.2, 0) is 19.8 Å². The largest absolute Gasteiger partial charge is 0.500 e. The van der Waals surface area contributed by atoms with Crippen LogP contribution in [0.3, 0.4) is 0 Å². The molecule has 0 aliphatic carbocycles. The fourth-order valence-electron chi connectivity index (χ4n) is 2.25. The van der Waals surface area contributed by atoms with Crippen molar-refractivity contribution >= 4 is 14.8 Å². The molecule has 2 N–H and O–H groups in total. The Morgan fingerprint density at radius 3 is 2.17 bits per heavy atom. The maximum atomic E-state index is 11.8. The summed E-state index contributed by atoms with van der Waals surface area (Å²) in [5.74, 6) is 0. The first-order valence-corrected chi connectivity index (χ1v) is 10.4. The lowest BCUT2D eigenvalue weighted by atomic mass is 10.3. The first kappa shape index (κ1) is 20.6. The number of urea groups is 1. The van der Waals surface area contributed by atoms with Crippen LogP contribution in [0.25, 0.3) is 0 Å². The molecule has 0 saturated carbocycles. The number of amides is 2. The highest BCUT2D eigenvalue weighted by Gasteiger charge is 2.39. The quantitative estimate of drug-likeness (QED) is 0.444. The Kier molecular flexibility index (Phi) is 10.2. The molecule has 0 spiro atoms. The Morgan fingerprint density at radius 2 is 1.62 bits per heavy atom. The average molecular weight is 356 g/mol. The number of nitrogens with zero attached hydrogens (tertiary/aromatic N) is 1. The van der Waals surface area contributed by atoms with Gasteiger partial charge in [0.15, 0.2) is 0 Å². The lowest BCUT2D eigenvalue weighted by Crippen LogP contribution is -2.46. The normalized spacial score (nSPS) is 11.3. The van der Waals surface area contributed by atoms with Gasteiger partial charge in [-0.3, -0.25) is 4.98 Å². The summed E-state index contributed by atoms with van der Waals surface area (Å²) in [6, 6.07) is 4.23. The summed E-state index contributed by atoms with van der Waals surface area (Å²) in [6.45, 7) is 8.51. The van der Waals surface area contributed by atoms with Gasteiger partial charge in [0, 0.05) is 51.3 Å². The molecule has 0 saturated heterocycles. The molecule has 1 aromatic heterocycles. The van der Waals surface area contributed by atoms with Gasteiger partial charge in [-0.15, -0.1) is 0 Å². The minimum Gasteiger partial charge on any atom is -0.374 e. The van der Waals surface area contributed by atoms with Gasteiger partial charge in [0.05, 0.1) is 0 Å². The van der Waals surface area contributed by atoms with E-state index in [1.165, 1.54) is 0 Å². The molecule has 1 rings (SSSR count). The molecule has 1 heterocycles. The average Bonchev–Trinajstić information content (AvgIpc) is 2.59. The second-order valence-corrected chi connectivity index (χ2v) is 7.78. The SMILES string of the molecule is CCO[Si](CCCNC(=O)NCc1ccncc1)(OCC)OCC. The number of pyridine rings is 1. The van der Waals surface area contributed by atoms with E-state index in [1.807, 2.05) is 32.9 Å². The Bertz CT molecular complexity index is 445. The Labute approximate surface area is 145 Å². The number of hydrogen-bond acceptors (Lipinski definition) is 5. The first-order chi connectivity index (χ1) is 11.7.